The second-order valence-electron chi connectivity index (χ2n) is 6.01. The van der Waals surface area contributed by atoms with E-state index in [1.54, 1.807) is 29.9 Å². The lowest BCUT2D eigenvalue weighted by atomic mass is 10.1. The maximum atomic E-state index is 12.5. The third-order valence-corrected chi connectivity index (χ3v) is 4.19. The minimum Gasteiger partial charge on any atom is -0.345 e. The van der Waals surface area contributed by atoms with Crippen LogP contribution in [-0.4, -0.2) is 34.9 Å². The highest BCUT2D eigenvalue weighted by atomic mass is 16.2. The summed E-state index contributed by atoms with van der Waals surface area (Å²) in [7, 11) is 1.67. The number of likely N-dealkylation sites (tertiary alicyclic amines) is 1. The van der Waals surface area contributed by atoms with E-state index in [1.807, 2.05) is 30.3 Å². The molecule has 0 bridgehead atoms. The molecule has 1 atom stereocenters. The van der Waals surface area contributed by atoms with Gasteiger partial charge in [0.05, 0.1) is 12.5 Å². The first-order valence-electron chi connectivity index (χ1n) is 7.83. The summed E-state index contributed by atoms with van der Waals surface area (Å²) in [5, 5.41) is 2.67. The van der Waals surface area contributed by atoms with Crippen molar-refractivity contribution in [3.8, 4) is 0 Å². The van der Waals surface area contributed by atoms with E-state index < -0.39 is 5.92 Å². The monoisotopic (exact) mass is 325 g/mol. The maximum absolute atomic E-state index is 12.5. The molecule has 0 spiro atoms. The Hall–Kier alpha value is -2.89. The van der Waals surface area contributed by atoms with Crippen LogP contribution in [0.25, 0.3) is 0 Å². The number of nitrogens with one attached hydrogen (secondary N) is 1. The molecular weight excluding hydrogens is 306 g/mol. The van der Waals surface area contributed by atoms with Crippen LogP contribution in [0.3, 0.4) is 0 Å². The molecular formula is C18H19N3O3. The van der Waals surface area contributed by atoms with E-state index in [1.165, 1.54) is 4.90 Å². The summed E-state index contributed by atoms with van der Waals surface area (Å²) in [6, 6.07) is 12.9. The fourth-order valence-corrected chi connectivity index (χ4v) is 2.81. The molecule has 2 aromatic rings. The number of nitrogens with zero attached hydrogens (tertiary/aromatic N) is 2. The Bertz CT molecular complexity index is 814. The van der Waals surface area contributed by atoms with Gasteiger partial charge in [0.2, 0.25) is 11.8 Å². The third-order valence-electron chi connectivity index (χ3n) is 4.19. The number of aromatic nitrogens is 1. The van der Waals surface area contributed by atoms with Crippen LogP contribution in [-0.2, 0) is 16.1 Å². The van der Waals surface area contributed by atoms with Gasteiger partial charge in [-0.3, -0.25) is 14.4 Å². The molecule has 0 radical (unpaired) electrons. The highest BCUT2D eigenvalue weighted by Crippen LogP contribution is 2.17. The van der Waals surface area contributed by atoms with Crippen LogP contribution >= 0.6 is 0 Å². The first kappa shape index (κ1) is 16.0. The van der Waals surface area contributed by atoms with Crippen LogP contribution in [0.5, 0.6) is 0 Å². The zero-order chi connectivity index (χ0) is 17.1. The molecule has 0 aliphatic carbocycles. The molecule has 24 heavy (non-hydrogen) atoms. The Kier molecular flexibility index (Phi) is 4.46. The predicted octanol–water partition coefficient (Wildman–Crippen LogP) is 1.31. The average molecular weight is 325 g/mol. The van der Waals surface area contributed by atoms with E-state index in [0.717, 1.165) is 5.56 Å². The number of hydrogen-bond acceptors (Lipinski definition) is 3. The fraction of sp³-hybridized carbons (Fsp3) is 0.278. The van der Waals surface area contributed by atoms with Crippen LogP contribution in [0.1, 0.15) is 12.0 Å². The van der Waals surface area contributed by atoms with Crippen LogP contribution in [0, 0.1) is 5.92 Å². The quantitative estimate of drug-likeness (QED) is 0.921. The molecule has 1 aromatic carbocycles. The normalized spacial score (nSPS) is 17.1. The summed E-state index contributed by atoms with van der Waals surface area (Å²) in [5.41, 5.74) is 0.985. The van der Waals surface area contributed by atoms with Crippen LogP contribution in [0.4, 0.5) is 5.69 Å². The Morgan fingerprint density at radius 1 is 1.17 bits per heavy atom. The molecule has 1 aliphatic rings. The standard InChI is InChI=1S/C18H19N3O3/c1-20-12-14(10-16(20)22)17(23)19-15-8-5-9-21(18(15)24)11-13-6-3-2-4-7-13/h2-9,14H,10-12H2,1H3,(H,19,23). The summed E-state index contributed by atoms with van der Waals surface area (Å²) in [4.78, 5) is 37.9. The van der Waals surface area contributed by atoms with E-state index in [2.05, 4.69) is 5.32 Å². The van der Waals surface area contributed by atoms with Gasteiger partial charge in [-0.15, -0.1) is 0 Å². The fourth-order valence-electron chi connectivity index (χ4n) is 2.81. The topological polar surface area (TPSA) is 71.4 Å². The highest BCUT2D eigenvalue weighted by Gasteiger charge is 2.32. The zero-order valence-corrected chi connectivity index (χ0v) is 13.4. The van der Waals surface area contributed by atoms with Gasteiger partial charge in [-0.05, 0) is 17.7 Å². The Labute approximate surface area is 139 Å². The van der Waals surface area contributed by atoms with Crippen molar-refractivity contribution in [3.63, 3.8) is 0 Å². The number of benzene rings is 1. The molecule has 6 nitrogen and oxygen atoms in total. The summed E-state index contributed by atoms with van der Waals surface area (Å²) in [6.07, 6.45) is 1.88. The molecule has 1 aromatic heterocycles. The summed E-state index contributed by atoms with van der Waals surface area (Å²) < 4.78 is 1.55. The minimum absolute atomic E-state index is 0.0512. The largest absolute Gasteiger partial charge is 0.345 e. The van der Waals surface area contributed by atoms with Crippen molar-refractivity contribution in [1.29, 1.82) is 0 Å². The second-order valence-corrected chi connectivity index (χ2v) is 6.01. The van der Waals surface area contributed by atoms with E-state index in [0.29, 0.717) is 13.1 Å². The molecule has 1 aliphatic heterocycles. The lowest BCUT2D eigenvalue weighted by molar-refractivity contribution is -0.127. The lowest BCUT2D eigenvalue weighted by Gasteiger charge is -2.12. The number of carbonyl (C=O) groups is 2. The second kappa shape index (κ2) is 6.70. The molecule has 6 heteroatoms. The number of pyridine rings is 1. The molecule has 0 saturated carbocycles. The van der Waals surface area contributed by atoms with E-state index >= 15 is 0 Å². The average Bonchev–Trinajstić information content (AvgIpc) is 2.92. The first-order valence-corrected chi connectivity index (χ1v) is 7.83. The van der Waals surface area contributed by atoms with Gasteiger partial charge in [-0.25, -0.2) is 0 Å². The van der Waals surface area contributed by atoms with Crippen molar-refractivity contribution in [3.05, 3.63) is 64.6 Å². The molecule has 1 fully saturated rings. The molecule has 2 amide bonds. The molecule has 1 N–H and O–H groups in total. The maximum Gasteiger partial charge on any atom is 0.274 e. The van der Waals surface area contributed by atoms with Crippen LogP contribution < -0.4 is 10.9 Å². The first-order chi connectivity index (χ1) is 11.5. The lowest BCUT2D eigenvalue weighted by Crippen LogP contribution is -2.30. The minimum atomic E-state index is -0.412. The summed E-state index contributed by atoms with van der Waals surface area (Å²) in [6.45, 7) is 0.823. The molecule has 1 saturated heterocycles. The SMILES string of the molecule is CN1CC(C(=O)Nc2cccn(Cc3ccccc3)c2=O)CC1=O. The van der Waals surface area contributed by atoms with Gasteiger partial charge in [0.15, 0.2) is 0 Å². The van der Waals surface area contributed by atoms with Gasteiger partial charge in [0.25, 0.3) is 5.56 Å². The summed E-state index contributed by atoms with van der Waals surface area (Å²) in [5.74, 6) is -0.753. The van der Waals surface area contributed by atoms with Crippen molar-refractivity contribution in [2.75, 3.05) is 18.9 Å². The molecule has 3 rings (SSSR count). The molecule has 1 unspecified atom stereocenters. The van der Waals surface area contributed by atoms with Gasteiger partial charge in [-0.1, -0.05) is 30.3 Å². The Balaban J connectivity index is 1.75. The van der Waals surface area contributed by atoms with Gasteiger partial charge < -0.3 is 14.8 Å². The number of rotatable bonds is 4. The van der Waals surface area contributed by atoms with Gasteiger partial charge in [0.1, 0.15) is 5.69 Å². The van der Waals surface area contributed by atoms with E-state index in [-0.39, 0.29) is 29.5 Å². The summed E-state index contributed by atoms with van der Waals surface area (Å²) >= 11 is 0. The Morgan fingerprint density at radius 2 is 1.92 bits per heavy atom. The number of amides is 2. The van der Waals surface area contributed by atoms with E-state index in [9.17, 15) is 14.4 Å². The molecule has 124 valence electrons. The van der Waals surface area contributed by atoms with Gasteiger partial charge in [0, 0.05) is 26.2 Å². The van der Waals surface area contributed by atoms with E-state index in [4.69, 9.17) is 0 Å². The Morgan fingerprint density at radius 3 is 2.58 bits per heavy atom. The van der Waals surface area contributed by atoms with Crippen molar-refractivity contribution in [2.45, 2.75) is 13.0 Å². The molecule has 2 heterocycles. The third kappa shape index (κ3) is 3.37. The number of anilines is 1. The van der Waals surface area contributed by atoms with Gasteiger partial charge in [-0.2, -0.15) is 0 Å². The number of carbonyl (C=O) groups excluding carboxylic acids is 2. The van der Waals surface area contributed by atoms with Gasteiger partial charge >= 0.3 is 0 Å². The highest BCUT2D eigenvalue weighted by molar-refractivity contribution is 5.97. The predicted molar refractivity (Wildman–Crippen MR) is 90.6 cm³/mol. The zero-order valence-electron chi connectivity index (χ0n) is 13.4. The van der Waals surface area contributed by atoms with Crippen LogP contribution in [0.2, 0.25) is 0 Å². The number of hydrogen-bond donors (Lipinski definition) is 1. The van der Waals surface area contributed by atoms with Crippen molar-refractivity contribution < 1.29 is 9.59 Å². The smallest absolute Gasteiger partial charge is 0.274 e. The van der Waals surface area contributed by atoms with Crippen LogP contribution in [0.15, 0.2) is 53.5 Å². The van der Waals surface area contributed by atoms with Crippen molar-refractivity contribution >= 4 is 17.5 Å². The van der Waals surface area contributed by atoms with Crippen molar-refractivity contribution in [1.82, 2.24) is 9.47 Å². The van der Waals surface area contributed by atoms with Crippen molar-refractivity contribution in [2.24, 2.45) is 5.92 Å².